The molecule has 0 aromatic heterocycles. The number of hydrogen-bond donors (Lipinski definition) is 1. The van der Waals surface area contributed by atoms with Crippen molar-refractivity contribution in [2.24, 2.45) is 11.8 Å². The molecule has 0 amide bonds. The van der Waals surface area contributed by atoms with Crippen LogP contribution in [0.1, 0.15) is 53.9 Å². The van der Waals surface area contributed by atoms with Crippen LogP contribution in [0.25, 0.3) is 0 Å². The standard InChI is InChI=1S/C26H35ClO9/c1-13(2)9-20(33-15(4)28)23(34-16(5)29)19-11-32-25(35-17(6)30)22-14(3)10-21-24(36-21)26(31,12-27)8-7-18(19)22/h9,11,18,20-25,31H,3,7-8,10,12H2,1-2,4-6H3. The maximum atomic E-state index is 12.2. The molecule has 0 bridgehead atoms. The van der Waals surface area contributed by atoms with E-state index in [1.165, 1.54) is 27.0 Å². The van der Waals surface area contributed by atoms with Crippen molar-refractivity contribution in [3.8, 4) is 0 Å². The van der Waals surface area contributed by atoms with Gasteiger partial charge in [0.15, 0.2) is 12.2 Å². The van der Waals surface area contributed by atoms with Gasteiger partial charge in [-0.3, -0.25) is 14.4 Å². The van der Waals surface area contributed by atoms with Gasteiger partial charge in [0.05, 0.1) is 24.2 Å². The molecular weight excluding hydrogens is 492 g/mol. The van der Waals surface area contributed by atoms with Crippen LogP contribution in [0.5, 0.6) is 0 Å². The number of halogens is 1. The minimum absolute atomic E-state index is 0.0256. The SMILES string of the molecule is C=C1CC2OC2C(O)(CCl)CCC2C(C(OC(C)=O)C(C=C(C)C)OC(C)=O)=COC(OC(C)=O)C12. The fraction of sp³-hybridized carbons (Fsp3) is 0.654. The van der Waals surface area contributed by atoms with E-state index >= 15 is 0 Å². The summed E-state index contributed by atoms with van der Waals surface area (Å²) in [5, 5.41) is 11.2. The van der Waals surface area contributed by atoms with E-state index in [0.717, 1.165) is 5.57 Å². The van der Waals surface area contributed by atoms with Gasteiger partial charge in [0.2, 0.25) is 6.29 Å². The van der Waals surface area contributed by atoms with Crippen LogP contribution >= 0.6 is 11.6 Å². The van der Waals surface area contributed by atoms with Gasteiger partial charge in [-0.15, -0.1) is 11.6 Å². The van der Waals surface area contributed by atoms with E-state index in [9.17, 15) is 19.5 Å². The molecule has 0 radical (unpaired) electrons. The normalized spacial score (nSPS) is 32.9. The summed E-state index contributed by atoms with van der Waals surface area (Å²) in [5.74, 6) is -2.64. The fourth-order valence-corrected chi connectivity index (χ4v) is 5.43. The summed E-state index contributed by atoms with van der Waals surface area (Å²) in [6.45, 7) is 11.7. The molecule has 1 saturated heterocycles. The first-order valence-electron chi connectivity index (χ1n) is 12.0. The number of carbonyl (C=O) groups is 3. The summed E-state index contributed by atoms with van der Waals surface area (Å²) in [7, 11) is 0. The number of rotatable bonds is 7. The third-order valence-electron chi connectivity index (χ3n) is 6.66. The number of allylic oxidation sites excluding steroid dienone is 1. The molecule has 0 aromatic rings. The molecule has 2 fully saturated rings. The molecule has 3 rings (SSSR count). The van der Waals surface area contributed by atoms with Gasteiger partial charge in [0, 0.05) is 32.3 Å². The molecule has 36 heavy (non-hydrogen) atoms. The Bertz CT molecular complexity index is 953. The van der Waals surface area contributed by atoms with Crippen LogP contribution in [0, 0.1) is 11.8 Å². The Balaban J connectivity index is 2.10. The van der Waals surface area contributed by atoms with E-state index in [-0.39, 0.29) is 18.4 Å². The highest BCUT2D eigenvalue weighted by molar-refractivity contribution is 6.18. The summed E-state index contributed by atoms with van der Waals surface area (Å²) >= 11 is 6.17. The van der Waals surface area contributed by atoms with Crippen molar-refractivity contribution in [2.75, 3.05) is 5.88 Å². The van der Waals surface area contributed by atoms with E-state index in [1.54, 1.807) is 6.08 Å². The number of hydrogen-bond acceptors (Lipinski definition) is 9. The van der Waals surface area contributed by atoms with Crippen molar-refractivity contribution in [1.29, 1.82) is 0 Å². The highest BCUT2D eigenvalue weighted by Crippen LogP contribution is 2.49. The van der Waals surface area contributed by atoms with Gasteiger partial charge >= 0.3 is 17.9 Å². The Hall–Kier alpha value is -2.36. The van der Waals surface area contributed by atoms with Crippen molar-refractivity contribution in [2.45, 2.75) is 90.2 Å². The van der Waals surface area contributed by atoms with Crippen molar-refractivity contribution >= 4 is 29.5 Å². The molecule has 0 aromatic carbocycles. The Morgan fingerprint density at radius 2 is 1.86 bits per heavy atom. The molecule has 0 spiro atoms. The summed E-state index contributed by atoms with van der Waals surface area (Å²) in [6.07, 6.45) is 0.515. The zero-order valence-corrected chi connectivity index (χ0v) is 22.1. The largest absolute Gasteiger partial charge is 0.462 e. The molecule has 1 saturated carbocycles. The second-order valence-corrected chi connectivity index (χ2v) is 10.2. The quantitative estimate of drug-likeness (QED) is 0.175. The number of ether oxygens (including phenoxy) is 5. The van der Waals surface area contributed by atoms with Crippen LogP contribution in [0.15, 0.2) is 35.6 Å². The topological polar surface area (TPSA) is 121 Å². The second kappa shape index (κ2) is 11.4. The van der Waals surface area contributed by atoms with Crippen molar-refractivity contribution < 1.29 is 43.2 Å². The van der Waals surface area contributed by atoms with Crippen molar-refractivity contribution in [3.05, 3.63) is 35.6 Å². The lowest BCUT2D eigenvalue weighted by atomic mass is 9.73. The number of epoxide rings is 1. The van der Waals surface area contributed by atoms with Gasteiger partial charge < -0.3 is 28.8 Å². The van der Waals surface area contributed by atoms with E-state index in [0.29, 0.717) is 24.0 Å². The first kappa shape index (κ1) is 28.2. The maximum absolute atomic E-state index is 12.2. The summed E-state index contributed by atoms with van der Waals surface area (Å²) in [5.41, 5.74) is 0.805. The summed E-state index contributed by atoms with van der Waals surface area (Å²) in [4.78, 5) is 36.0. The first-order chi connectivity index (χ1) is 16.9. The monoisotopic (exact) mass is 526 g/mol. The molecule has 2 heterocycles. The third kappa shape index (κ3) is 6.49. The Labute approximate surface area is 216 Å². The molecular formula is C26H35ClO9. The van der Waals surface area contributed by atoms with Crippen LogP contribution in [-0.2, 0) is 38.1 Å². The minimum Gasteiger partial charge on any atom is -0.462 e. The Kier molecular flexibility index (Phi) is 8.90. The van der Waals surface area contributed by atoms with E-state index < -0.39 is 59.9 Å². The zero-order valence-electron chi connectivity index (χ0n) is 21.3. The predicted molar refractivity (Wildman–Crippen MR) is 130 cm³/mol. The number of carbonyl (C=O) groups excluding carboxylic acids is 3. The smallest absolute Gasteiger partial charge is 0.305 e. The highest BCUT2D eigenvalue weighted by Gasteiger charge is 2.57. The van der Waals surface area contributed by atoms with Crippen LogP contribution in [0.3, 0.4) is 0 Å². The molecule has 1 N–H and O–H groups in total. The lowest BCUT2D eigenvalue weighted by Crippen LogP contribution is -2.45. The number of alkyl halides is 1. The summed E-state index contributed by atoms with van der Waals surface area (Å²) < 4.78 is 28.4. The van der Waals surface area contributed by atoms with Crippen molar-refractivity contribution in [3.63, 3.8) is 0 Å². The second-order valence-electron chi connectivity index (χ2n) is 9.95. The van der Waals surface area contributed by atoms with Crippen LogP contribution in [0.2, 0.25) is 0 Å². The lowest BCUT2D eigenvalue weighted by Gasteiger charge is -2.42. The number of aliphatic hydroxyl groups is 1. The molecule has 200 valence electrons. The average molecular weight is 527 g/mol. The van der Waals surface area contributed by atoms with Crippen LogP contribution < -0.4 is 0 Å². The van der Waals surface area contributed by atoms with E-state index in [4.69, 9.17) is 35.3 Å². The van der Waals surface area contributed by atoms with Crippen LogP contribution in [0.4, 0.5) is 0 Å². The predicted octanol–water partition coefficient (Wildman–Crippen LogP) is 3.33. The van der Waals surface area contributed by atoms with Crippen LogP contribution in [-0.4, -0.2) is 65.2 Å². The number of esters is 3. The molecule has 3 aliphatic rings. The number of fused-ring (bicyclic) bond motifs is 2. The molecule has 2 aliphatic heterocycles. The Morgan fingerprint density at radius 3 is 2.42 bits per heavy atom. The van der Waals surface area contributed by atoms with Gasteiger partial charge in [0.1, 0.15) is 11.7 Å². The van der Waals surface area contributed by atoms with Crippen molar-refractivity contribution in [1.82, 2.24) is 0 Å². The fourth-order valence-electron chi connectivity index (χ4n) is 5.14. The molecule has 8 atom stereocenters. The Morgan fingerprint density at radius 1 is 1.19 bits per heavy atom. The van der Waals surface area contributed by atoms with E-state index in [1.807, 2.05) is 13.8 Å². The van der Waals surface area contributed by atoms with Gasteiger partial charge in [-0.05, 0) is 39.2 Å². The molecule has 9 nitrogen and oxygen atoms in total. The maximum Gasteiger partial charge on any atom is 0.305 e. The summed E-state index contributed by atoms with van der Waals surface area (Å²) in [6, 6.07) is 0. The molecule has 10 heteroatoms. The van der Waals surface area contributed by atoms with Gasteiger partial charge in [0.25, 0.3) is 0 Å². The average Bonchev–Trinajstić information content (AvgIpc) is 3.53. The van der Waals surface area contributed by atoms with E-state index in [2.05, 4.69) is 6.58 Å². The lowest BCUT2D eigenvalue weighted by molar-refractivity contribution is -0.183. The van der Waals surface area contributed by atoms with Gasteiger partial charge in [-0.25, -0.2) is 0 Å². The zero-order chi connectivity index (χ0) is 26.8. The minimum atomic E-state index is -1.27. The highest BCUT2D eigenvalue weighted by atomic mass is 35.5. The first-order valence-corrected chi connectivity index (χ1v) is 12.5. The molecule has 8 unspecified atom stereocenters. The van der Waals surface area contributed by atoms with Gasteiger partial charge in [-0.1, -0.05) is 17.7 Å². The molecule has 1 aliphatic carbocycles. The van der Waals surface area contributed by atoms with Gasteiger partial charge in [-0.2, -0.15) is 0 Å². The third-order valence-corrected chi connectivity index (χ3v) is 7.12.